The molecule has 1 heterocycles. The van der Waals surface area contributed by atoms with E-state index in [-0.39, 0.29) is 17.3 Å². The molecular formula is C23H23FN2O4. The first-order chi connectivity index (χ1) is 14.3. The number of carbonyl (C=O) groups excluding carboxylic acids is 3. The Labute approximate surface area is 173 Å². The summed E-state index contributed by atoms with van der Waals surface area (Å²) in [5.41, 5.74) is 1.81. The zero-order valence-electron chi connectivity index (χ0n) is 17.0. The van der Waals surface area contributed by atoms with Gasteiger partial charge >= 0.3 is 5.97 Å². The van der Waals surface area contributed by atoms with Gasteiger partial charge in [0, 0.05) is 22.2 Å². The number of carbonyl (C=O) groups is 3. The third-order valence-electron chi connectivity index (χ3n) is 4.84. The molecular weight excluding hydrogens is 387 g/mol. The fourth-order valence-corrected chi connectivity index (χ4v) is 3.30. The van der Waals surface area contributed by atoms with Crippen molar-refractivity contribution < 1.29 is 23.5 Å². The highest BCUT2D eigenvalue weighted by Crippen LogP contribution is 2.22. The number of esters is 1. The number of hydrogen-bond donors (Lipinski definition) is 2. The molecule has 30 heavy (non-hydrogen) atoms. The van der Waals surface area contributed by atoms with Crippen molar-refractivity contribution in [1.29, 1.82) is 0 Å². The third kappa shape index (κ3) is 4.40. The number of fused-ring (bicyclic) bond motifs is 1. The Kier molecular flexibility index (Phi) is 6.30. The topological polar surface area (TPSA) is 88.3 Å². The van der Waals surface area contributed by atoms with Gasteiger partial charge in [-0.3, -0.25) is 9.59 Å². The summed E-state index contributed by atoms with van der Waals surface area (Å²) in [6.45, 7) is 4.76. The van der Waals surface area contributed by atoms with Gasteiger partial charge in [-0.2, -0.15) is 0 Å². The largest absolute Gasteiger partial charge is 0.456 e. The Morgan fingerprint density at radius 1 is 1.07 bits per heavy atom. The van der Waals surface area contributed by atoms with Crippen LogP contribution in [0, 0.1) is 18.7 Å². The number of ether oxygens (including phenoxy) is 1. The molecule has 156 valence electrons. The molecule has 1 atom stereocenters. The summed E-state index contributed by atoms with van der Waals surface area (Å²) in [6, 6.07) is 11.8. The van der Waals surface area contributed by atoms with Gasteiger partial charge in [0.1, 0.15) is 11.9 Å². The van der Waals surface area contributed by atoms with E-state index in [1.807, 2.05) is 24.3 Å². The summed E-state index contributed by atoms with van der Waals surface area (Å²) >= 11 is 0. The van der Waals surface area contributed by atoms with Crippen LogP contribution < -0.4 is 5.32 Å². The summed E-state index contributed by atoms with van der Waals surface area (Å²) in [5, 5.41) is 3.26. The van der Waals surface area contributed by atoms with E-state index < -0.39 is 30.3 Å². The van der Waals surface area contributed by atoms with E-state index in [1.54, 1.807) is 20.8 Å². The highest BCUT2D eigenvalue weighted by Gasteiger charge is 2.28. The smallest absolute Gasteiger partial charge is 0.329 e. The number of aromatic amines is 1. The second-order valence-corrected chi connectivity index (χ2v) is 7.38. The first kappa shape index (κ1) is 21.2. The van der Waals surface area contributed by atoms with Gasteiger partial charge in [0.05, 0.1) is 5.56 Å². The van der Waals surface area contributed by atoms with E-state index in [9.17, 15) is 18.8 Å². The van der Waals surface area contributed by atoms with Crippen LogP contribution in [0.25, 0.3) is 10.9 Å². The van der Waals surface area contributed by atoms with E-state index in [2.05, 4.69) is 10.3 Å². The van der Waals surface area contributed by atoms with Gasteiger partial charge in [0.15, 0.2) is 6.61 Å². The Balaban J connectivity index is 1.69. The molecule has 0 radical (unpaired) electrons. The van der Waals surface area contributed by atoms with Crippen LogP contribution in [0.2, 0.25) is 0 Å². The van der Waals surface area contributed by atoms with Gasteiger partial charge in [-0.05, 0) is 31.0 Å². The number of rotatable bonds is 7. The van der Waals surface area contributed by atoms with E-state index in [1.165, 1.54) is 24.3 Å². The second-order valence-electron chi connectivity index (χ2n) is 7.38. The number of Topliss-reactive ketones (excluding diaryl/α,β-unsaturated/α-hetero) is 1. The van der Waals surface area contributed by atoms with Gasteiger partial charge in [0.25, 0.3) is 5.91 Å². The number of para-hydroxylation sites is 1. The van der Waals surface area contributed by atoms with Crippen molar-refractivity contribution in [2.24, 2.45) is 5.92 Å². The maximum atomic E-state index is 13.8. The number of halogens is 1. The maximum Gasteiger partial charge on any atom is 0.329 e. The maximum absolute atomic E-state index is 13.8. The van der Waals surface area contributed by atoms with Crippen LogP contribution in [0.3, 0.4) is 0 Å². The third-order valence-corrected chi connectivity index (χ3v) is 4.84. The number of nitrogens with one attached hydrogen (secondary N) is 2. The minimum Gasteiger partial charge on any atom is -0.456 e. The Bertz CT molecular complexity index is 1100. The van der Waals surface area contributed by atoms with Crippen LogP contribution >= 0.6 is 0 Å². The minimum absolute atomic E-state index is 0.165. The standard InChI is InChI=1S/C23H23FN2O4/c1-13(2)21(26-22(28)15-8-4-6-10-17(15)24)23(29)30-12-19(27)20-14(3)25-18-11-7-5-9-16(18)20/h4-11,13,21,25H,12H2,1-3H3,(H,26,28)/t21-/m0/s1. The predicted octanol–water partition coefficient (Wildman–Crippen LogP) is 3.80. The molecule has 2 aromatic carbocycles. The molecule has 0 spiro atoms. The normalized spacial score (nSPS) is 12.0. The summed E-state index contributed by atoms with van der Waals surface area (Å²) in [5.74, 6) is -2.82. The van der Waals surface area contributed by atoms with Crippen LogP contribution in [-0.2, 0) is 9.53 Å². The average Bonchev–Trinajstić information content (AvgIpc) is 3.05. The van der Waals surface area contributed by atoms with E-state index >= 15 is 0 Å². The molecule has 1 aromatic heterocycles. The molecule has 0 unspecified atom stereocenters. The minimum atomic E-state index is -1.02. The van der Waals surface area contributed by atoms with Crippen LogP contribution in [-0.4, -0.2) is 35.3 Å². The van der Waals surface area contributed by atoms with Gasteiger partial charge in [-0.1, -0.05) is 44.2 Å². The summed E-state index contributed by atoms with van der Waals surface area (Å²) in [7, 11) is 0. The first-order valence-electron chi connectivity index (χ1n) is 9.62. The fourth-order valence-electron chi connectivity index (χ4n) is 3.30. The zero-order valence-corrected chi connectivity index (χ0v) is 17.0. The fraction of sp³-hybridized carbons (Fsp3) is 0.261. The molecule has 0 aliphatic carbocycles. The molecule has 0 fully saturated rings. The highest BCUT2D eigenvalue weighted by atomic mass is 19.1. The predicted molar refractivity (Wildman–Crippen MR) is 111 cm³/mol. The van der Waals surface area contributed by atoms with Crippen molar-refractivity contribution >= 4 is 28.6 Å². The molecule has 7 heteroatoms. The molecule has 0 saturated carbocycles. The first-order valence-corrected chi connectivity index (χ1v) is 9.62. The van der Waals surface area contributed by atoms with Crippen LogP contribution in [0.5, 0.6) is 0 Å². The molecule has 3 aromatic rings. The monoisotopic (exact) mass is 410 g/mol. The number of hydrogen-bond acceptors (Lipinski definition) is 4. The van der Waals surface area contributed by atoms with Gasteiger partial charge in [-0.25, -0.2) is 9.18 Å². The number of ketones is 1. The zero-order chi connectivity index (χ0) is 21.8. The Hall–Kier alpha value is -3.48. The Morgan fingerprint density at radius 3 is 2.43 bits per heavy atom. The van der Waals surface area contributed by atoms with Crippen LogP contribution in [0.15, 0.2) is 48.5 Å². The van der Waals surface area contributed by atoms with E-state index in [0.717, 1.165) is 10.9 Å². The lowest BCUT2D eigenvalue weighted by atomic mass is 10.0. The van der Waals surface area contributed by atoms with Gasteiger partial charge < -0.3 is 15.0 Å². The molecule has 6 nitrogen and oxygen atoms in total. The lowest BCUT2D eigenvalue weighted by molar-refractivity contribution is -0.145. The van der Waals surface area contributed by atoms with Crippen molar-refractivity contribution in [2.45, 2.75) is 26.8 Å². The molecule has 0 saturated heterocycles. The molecule has 1 amide bonds. The van der Waals surface area contributed by atoms with Gasteiger partial charge in [-0.15, -0.1) is 0 Å². The number of aryl methyl sites for hydroxylation is 1. The SMILES string of the molecule is Cc1[nH]c2ccccc2c1C(=O)COC(=O)[C@@H](NC(=O)c1ccccc1F)C(C)C. The molecule has 2 N–H and O–H groups in total. The second kappa shape index (κ2) is 8.90. The van der Waals surface area contributed by atoms with Crippen molar-refractivity contribution in [3.8, 4) is 0 Å². The molecule has 0 aliphatic rings. The van der Waals surface area contributed by atoms with Crippen molar-refractivity contribution in [3.63, 3.8) is 0 Å². The van der Waals surface area contributed by atoms with Crippen molar-refractivity contribution in [3.05, 3.63) is 71.2 Å². The van der Waals surface area contributed by atoms with Gasteiger partial charge in [0.2, 0.25) is 5.78 Å². The summed E-state index contributed by atoms with van der Waals surface area (Å²) in [6.07, 6.45) is 0. The highest BCUT2D eigenvalue weighted by molar-refractivity contribution is 6.10. The number of H-pyrrole nitrogens is 1. The van der Waals surface area contributed by atoms with Crippen molar-refractivity contribution in [2.75, 3.05) is 6.61 Å². The lowest BCUT2D eigenvalue weighted by Gasteiger charge is -2.21. The van der Waals surface area contributed by atoms with Crippen LogP contribution in [0.4, 0.5) is 4.39 Å². The molecule has 3 rings (SSSR count). The molecule has 0 bridgehead atoms. The lowest BCUT2D eigenvalue weighted by Crippen LogP contribution is -2.46. The summed E-state index contributed by atoms with van der Waals surface area (Å²) in [4.78, 5) is 40.8. The Morgan fingerprint density at radius 2 is 1.73 bits per heavy atom. The molecule has 0 aliphatic heterocycles. The average molecular weight is 410 g/mol. The van der Waals surface area contributed by atoms with Crippen LogP contribution in [0.1, 0.15) is 40.3 Å². The van der Waals surface area contributed by atoms with E-state index in [4.69, 9.17) is 4.74 Å². The quantitative estimate of drug-likeness (QED) is 0.458. The summed E-state index contributed by atoms with van der Waals surface area (Å²) < 4.78 is 19.1. The number of aromatic nitrogens is 1. The van der Waals surface area contributed by atoms with Crippen molar-refractivity contribution in [1.82, 2.24) is 10.3 Å². The number of benzene rings is 2. The van der Waals surface area contributed by atoms with E-state index in [0.29, 0.717) is 11.3 Å². The number of amides is 1.